The van der Waals surface area contributed by atoms with E-state index in [0.717, 1.165) is 37.7 Å². The lowest BCUT2D eigenvalue weighted by Gasteiger charge is -2.18. The number of hydrogen-bond donors (Lipinski definition) is 1. The predicted molar refractivity (Wildman–Crippen MR) is 131 cm³/mol. The van der Waals surface area contributed by atoms with Gasteiger partial charge in [0.2, 0.25) is 5.91 Å². The Morgan fingerprint density at radius 3 is 2.88 bits per heavy atom. The van der Waals surface area contributed by atoms with Crippen LogP contribution in [0.25, 0.3) is 10.9 Å². The van der Waals surface area contributed by atoms with Crippen LogP contribution in [-0.2, 0) is 17.6 Å². The van der Waals surface area contributed by atoms with Gasteiger partial charge in [0, 0.05) is 10.9 Å². The van der Waals surface area contributed by atoms with Crippen LogP contribution in [0.15, 0.2) is 34.2 Å². The second-order valence-electron chi connectivity index (χ2n) is 8.06. The number of aromatic nitrogens is 2. The van der Waals surface area contributed by atoms with Gasteiger partial charge in [-0.2, -0.15) is 5.26 Å². The predicted octanol–water partition coefficient (Wildman–Crippen LogP) is 5.30. The number of thioether (sulfide) groups is 1. The number of benzene rings is 1. The van der Waals surface area contributed by atoms with Crippen molar-refractivity contribution in [2.75, 3.05) is 11.1 Å². The molecule has 2 heterocycles. The summed E-state index contributed by atoms with van der Waals surface area (Å²) >= 11 is 2.79. The molecule has 1 aliphatic carbocycles. The van der Waals surface area contributed by atoms with E-state index >= 15 is 0 Å². The number of nitrogens with one attached hydrogen (secondary N) is 1. The zero-order valence-electron chi connectivity index (χ0n) is 18.3. The van der Waals surface area contributed by atoms with Crippen molar-refractivity contribution < 1.29 is 4.79 Å². The molecular formula is C24H26N4O2S2. The van der Waals surface area contributed by atoms with Gasteiger partial charge in [0.05, 0.1) is 22.2 Å². The average molecular weight is 467 g/mol. The number of nitrogens with zero attached hydrogens (tertiary/aromatic N) is 3. The van der Waals surface area contributed by atoms with E-state index in [1.54, 1.807) is 10.6 Å². The summed E-state index contributed by atoms with van der Waals surface area (Å²) < 4.78 is 1.69. The molecular weight excluding hydrogens is 440 g/mol. The first-order valence-electron chi connectivity index (χ1n) is 11.0. The molecule has 2 aromatic heterocycles. The summed E-state index contributed by atoms with van der Waals surface area (Å²) in [6.07, 6.45) is 6.06. The van der Waals surface area contributed by atoms with Gasteiger partial charge in [-0.15, -0.1) is 11.3 Å². The van der Waals surface area contributed by atoms with E-state index in [1.165, 1.54) is 34.4 Å². The maximum absolute atomic E-state index is 13.1. The summed E-state index contributed by atoms with van der Waals surface area (Å²) in [4.78, 5) is 31.8. The number of rotatable bonds is 6. The molecule has 32 heavy (non-hydrogen) atoms. The van der Waals surface area contributed by atoms with Crippen molar-refractivity contribution >= 4 is 44.9 Å². The number of thiophene rings is 1. The SMILES string of the molecule is CC[C@@H](C)n1c(SCC(=O)Nc2sc3c(c2C#N)CCCCC3)nc2ccccc2c1=O. The lowest BCUT2D eigenvalue weighted by molar-refractivity contribution is -0.113. The van der Waals surface area contributed by atoms with Crippen molar-refractivity contribution in [3.63, 3.8) is 0 Å². The molecule has 6 nitrogen and oxygen atoms in total. The molecule has 1 aliphatic rings. The van der Waals surface area contributed by atoms with E-state index in [0.29, 0.717) is 26.6 Å². The first-order chi connectivity index (χ1) is 15.5. The molecule has 0 spiro atoms. The van der Waals surface area contributed by atoms with E-state index < -0.39 is 0 Å². The summed E-state index contributed by atoms with van der Waals surface area (Å²) in [7, 11) is 0. The van der Waals surface area contributed by atoms with Gasteiger partial charge in [-0.25, -0.2) is 4.98 Å². The van der Waals surface area contributed by atoms with Crippen molar-refractivity contribution in [1.82, 2.24) is 9.55 Å². The Hall–Kier alpha value is -2.63. The summed E-state index contributed by atoms with van der Waals surface area (Å²) in [6.45, 7) is 4.01. The number of nitriles is 1. The number of anilines is 1. The van der Waals surface area contributed by atoms with Crippen molar-refractivity contribution in [2.24, 2.45) is 0 Å². The highest BCUT2D eigenvalue weighted by atomic mass is 32.2. The number of hydrogen-bond acceptors (Lipinski definition) is 6. The smallest absolute Gasteiger partial charge is 0.262 e. The quantitative estimate of drug-likeness (QED) is 0.303. The minimum absolute atomic E-state index is 0.0247. The Kier molecular flexibility index (Phi) is 6.97. The molecule has 1 N–H and O–H groups in total. The van der Waals surface area contributed by atoms with Gasteiger partial charge in [0.25, 0.3) is 5.56 Å². The van der Waals surface area contributed by atoms with Gasteiger partial charge in [-0.1, -0.05) is 37.2 Å². The number of para-hydroxylation sites is 1. The minimum atomic E-state index is -0.194. The van der Waals surface area contributed by atoms with E-state index in [9.17, 15) is 14.9 Å². The molecule has 4 rings (SSSR count). The van der Waals surface area contributed by atoms with Gasteiger partial charge in [0.15, 0.2) is 5.16 Å². The number of aryl methyl sites for hydroxylation is 1. The first kappa shape index (κ1) is 22.6. The van der Waals surface area contributed by atoms with Crippen molar-refractivity contribution in [2.45, 2.75) is 63.6 Å². The molecule has 0 saturated carbocycles. The van der Waals surface area contributed by atoms with Crippen LogP contribution in [0.3, 0.4) is 0 Å². The molecule has 1 amide bonds. The van der Waals surface area contributed by atoms with Gasteiger partial charge in [0.1, 0.15) is 11.1 Å². The highest BCUT2D eigenvalue weighted by molar-refractivity contribution is 7.99. The third-order valence-corrected chi connectivity index (χ3v) is 8.09. The lowest BCUT2D eigenvalue weighted by atomic mass is 10.1. The van der Waals surface area contributed by atoms with Crippen molar-refractivity contribution in [3.8, 4) is 6.07 Å². The van der Waals surface area contributed by atoms with Gasteiger partial charge in [-0.3, -0.25) is 14.2 Å². The fourth-order valence-electron chi connectivity index (χ4n) is 4.04. The van der Waals surface area contributed by atoms with Crippen molar-refractivity contribution in [1.29, 1.82) is 5.26 Å². The first-order valence-corrected chi connectivity index (χ1v) is 12.8. The topological polar surface area (TPSA) is 87.8 Å². The van der Waals surface area contributed by atoms with Crippen LogP contribution in [0.5, 0.6) is 0 Å². The van der Waals surface area contributed by atoms with Crippen LogP contribution < -0.4 is 10.9 Å². The van der Waals surface area contributed by atoms with E-state index in [2.05, 4.69) is 16.4 Å². The number of fused-ring (bicyclic) bond motifs is 2. The molecule has 166 valence electrons. The molecule has 1 atom stereocenters. The lowest BCUT2D eigenvalue weighted by Crippen LogP contribution is -2.26. The molecule has 3 aromatic rings. The summed E-state index contributed by atoms with van der Waals surface area (Å²) in [6, 6.07) is 9.57. The Balaban J connectivity index is 1.56. The van der Waals surface area contributed by atoms with Gasteiger partial charge >= 0.3 is 0 Å². The largest absolute Gasteiger partial charge is 0.316 e. The third-order valence-electron chi connectivity index (χ3n) is 5.93. The summed E-state index contributed by atoms with van der Waals surface area (Å²) in [5.74, 6) is -0.0738. The van der Waals surface area contributed by atoms with E-state index in [1.807, 2.05) is 32.0 Å². The Morgan fingerprint density at radius 1 is 1.31 bits per heavy atom. The van der Waals surface area contributed by atoms with Crippen LogP contribution in [0.1, 0.15) is 61.6 Å². The van der Waals surface area contributed by atoms with Crippen LogP contribution in [0.4, 0.5) is 5.00 Å². The van der Waals surface area contributed by atoms with E-state index in [4.69, 9.17) is 0 Å². The van der Waals surface area contributed by atoms with Crippen LogP contribution >= 0.6 is 23.1 Å². The maximum atomic E-state index is 13.1. The highest BCUT2D eigenvalue weighted by Gasteiger charge is 2.22. The van der Waals surface area contributed by atoms with Gasteiger partial charge < -0.3 is 5.32 Å². The molecule has 0 saturated heterocycles. The second kappa shape index (κ2) is 9.88. The average Bonchev–Trinajstić information content (AvgIpc) is 2.95. The Bertz CT molecular complexity index is 1260. The standard InChI is InChI=1S/C24H26N4O2S2/c1-3-15(2)28-23(30)17-10-7-8-11-19(17)26-24(28)31-14-21(29)27-22-18(13-25)16-9-5-4-6-12-20(16)32-22/h7-8,10-11,15H,3-6,9,12,14H2,1-2H3,(H,27,29)/t15-/m1/s1. The van der Waals surface area contributed by atoms with Crippen LogP contribution in [-0.4, -0.2) is 21.2 Å². The molecule has 1 aromatic carbocycles. The molecule has 0 unspecified atom stereocenters. The zero-order valence-corrected chi connectivity index (χ0v) is 19.9. The summed E-state index contributed by atoms with van der Waals surface area (Å²) in [5.41, 5.74) is 2.28. The Morgan fingerprint density at radius 2 is 2.09 bits per heavy atom. The van der Waals surface area contributed by atoms with Crippen LogP contribution in [0, 0.1) is 11.3 Å². The summed E-state index contributed by atoms with van der Waals surface area (Å²) in [5, 5.41) is 14.4. The minimum Gasteiger partial charge on any atom is -0.316 e. The number of carbonyl (C=O) groups excluding carboxylic acids is 1. The fraction of sp³-hybridized carbons (Fsp3) is 0.417. The number of amides is 1. The third kappa shape index (κ3) is 4.45. The normalized spacial score (nSPS) is 14.4. The highest BCUT2D eigenvalue weighted by Crippen LogP contribution is 2.37. The zero-order chi connectivity index (χ0) is 22.7. The molecule has 0 bridgehead atoms. The molecule has 0 fully saturated rings. The van der Waals surface area contributed by atoms with Crippen LogP contribution in [0.2, 0.25) is 0 Å². The van der Waals surface area contributed by atoms with Crippen molar-refractivity contribution in [3.05, 3.63) is 50.6 Å². The number of carbonyl (C=O) groups is 1. The second-order valence-corrected chi connectivity index (χ2v) is 10.1. The van der Waals surface area contributed by atoms with Gasteiger partial charge in [-0.05, 0) is 56.7 Å². The fourth-order valence-corrected chi connectivity index (χ4v) is 6.19. The maximum Gasteiger partial charge on any atom is 0.262 e. The molecule has 0 aliphatic heterocycles. The molecule has 8 heteroatoms. The Labute approximate surface area is 195 Å². The monoisotopic (exact) mass is 466 g/mol. The van der Waals surface area contributed by atoms with E-state index in [-0.39, 0.29) is 23.3 Å². The molecule has 0 radical (unpaired) electrons.